The maximum atomic E-state index is 3.57. The highest BCUT2D eigenvalue weighted by atomic mass is 15.0. The van der Waals surface area contributed by atoms with Crippen LogP contribution < -0.4 is 5.32 Å². The summed E-state index contributed by atoms with van der Waals surface area (Å²) in [5.41, 5.74) is 0.669. The Morgan fingerprint density at radius 2 is 2.00 bits per heavy atom. The molecular formula is C9H17N. The van der Waals surface area contributed by atoms with E-state index >= 15 is 0 Å². The normalized spacial score (nSPS) is 36.0. The minimum atomic E-state index is 0.669. The molecule has 0 aromatic heterocycles. The molecule has 2 aliphatic rings. The van der Waals surface area contributed by atoms with Crippen molar-refractivity contribution < 1.29 is 0 Å². The van der Waals surface area contributed by atoms with Gasteiger partial charge in [-0.15, -0.1) is 0 Å². The van der Waals surface area contributed by atoms with Gasteiger partial charge < -0.3 is 5.32 Å². The molecule has 2 fully saturated rings. The smallest absolute Gasteiger partial charge is 0.00683 e. The second-order valence-corrected chi connectivity index (χ2v) is 4.57. The summed E-state index contributed by atoms with van der Waals surface area (Å²) in [6, 6.07) is 0.899. The van der Waals surface area contributed by atoms with Crippen molar-refractivity contribution in [1.82, 2.24) is 5.32 Å². The summed E-state index contributed by atoms with van der Waals surface area (Å²) in [5.74, 6) is 0.980. The number of hydrogen-bond donors (Lipinski definition) is 1. The maximum absolute atomic E-state index is 3.57. The molecule has 0 spiro atoms. The predicted molar refractivity (Wildman–Crippen MR) is 42.9 cm³/mol. The van der Waals surface area contributed by atoms with Gasteiger partial charge in [0.05, 0.1) is 0 Å². The molecule has 58 valence electrons. The van der Waals surface area contributed by atoms with Crippen LogP contribution in [0.3, 0.4) is 0 Å². The van der Waals surface area contributed by atoms with Crippen molar-refractivity contribution in [3.63, 3.8) is 0 Å². The Labute approximate surface area is 63.2 Å². The zero-order chi connectivity index (χ0) is 7.19. The summed E-state index contributed by atoms with van der Waals surface area (Å²) >= 11 is 0. The van der Waals surface area contributed by atoms with Crippen molar-refractivity contribution in [1.29, 1.82) is 0 Å². The van der Waals surface area contributed by atoms with Crippen molar-refractivity contribution in [2.24, 2.45) is 11.3 Å². The van der Waals surface area contributed by atoms with Gasteiger partial charge in [0.1, 0.15) is 0 Å². The van der Waals surface area contributed by atoms with Crippen LogP contribution in [0, 0.1) is 11.3 Å². The van der Waals surface area contributed by atoms with Gasteiger partial charge in [-0.05, 0) is 37.1 Å². The molecule has 2 aliphatic carbocycles. The van der Waals surface area contributed by atoms with Gasteiger partial charge in [-0.1, -0.05) is 13.8 Å². The van der Waals surface area contributed by atoms with Crippen molar-refractivity contribution in [3.8, 4) is 0 Å². The fraction of sp³-hybridized carbons (Fsp3) is 1.00. The molecule has 0 unspecified atom stereocenters. The molecule has 1 nitrogen and oxygen atoms in total. The Morgan fingerprint density at radius 1 is 1.40 bits per heavy atom. The molecule has 0 bridgehead atoms. The molecule has 0 heterocycles. The highest BCUT2D eigenvalue weighted by molar-refractivity contribution is 4.97. The van der Waals surface area contributed by atoms with E-state index in [4.69, 9.17) is 0 Å². The second-order valence-electron chi connectivity index (χ2n) is 4.57. The van der Waals surface area contributed by atoms with E-state index < -0.39 is 0 Å². The Bertz CT molecular complexity index is 136. The lowest BCUT2D eigenvalue weighted by atomic mass is 10.1. The maximum Gasteiger partial charge on any atom is 0.00683 e. The zero-order valence-corrected chi connectivity index (χ0v) is 6.98. The van der Waals surface area contributed by atoms with E-state index in [1.54, 1.807) is 0 Å². The van der Waals surface area contributed by atoms with Gasteiger partial charge in [-0.25, -0.2) is 0 Å². The van der Waals surface area contributed by atoms with Gasteiger partial charge in [0, 0.05) is 6.04 Å². The summed E-state index contributed by atoms with van der Waals surface area (Å²) < 4.78 is 0. The average molecular weight is 139 g/mol. The number of nitrogens with one attached hydrogen (secondary N) is 1. The highest BCUT2D eigenvalue weighted by Gasteiger charge is 2.45. The van der Waals surface area contributed by atoms with Crippen LogP contribution in [-0.4, -0.2) is 12.6 Å². The molecule has 1 atom stereocenters. The largest absolute Gasteiger partial charge is 0.314 e. The summed E-state index contributed by atoms with van der Waals surface area (Å²) in [7, 11) is 0. The van der Waals surface area contributed by atoms with Crippen molar-refractivity contribution >= 4 is 0 Å². The fourth-order valence-electron chi connectivity index (χ4n) is 1.52. The first-order chi connectivity index (χ1) is 4.68. The molecule has 0 radical (unpaired) electrons. The van der Waals surface area contributed by atoms with Crippen LogP contribution in [0.1, 0.15) is 33.1 Å². The third-order valence-electron chi connectivity index (χ3n) is 2.95. The Morgan fingerprint density at radius 3 is 2.40 bits per heavy atom. The molecule has 2 rings (SSSR count). The van der Waals surface area contributed by atoms with Crippen LogP contribution in [0.25, 0.3) is 0 Å². The molecule has 2 saturated carbocycles. The molecule has 0 aromatic rings. The molecular weight excluding hydrogens is 122 g/mol. The number of rotatable bonds is 3. The molecule has 0 amide bonds. The molecule has 0 saturated heterocycles. The quantitative estimate of drug-likeness (QED) is 0.628. The van der Waals surface area contributed by atoms with E-state index in [1.807, 2.05) is 0 Å². The van der Waals surface area contributed by atoms with E-state index in [2.05, 4.69) is 19.2 Å². The van der Waals surface area contributed by atoms with Gasteiger partial charge >= 0.3 is 0 Å². The van der Waals surface area contributed by atoms with Gasteiger partial charge in [-0.3, -0.25) is 0 Å². The van der Waals surface area contributed by atoms with E-state index in [1.165, 1.54) is 25.8 Å². The van der Waals surface area contributed by atoms with E-state index in [9.17, 15) is 0 Å². The van der Waals surface area contributed by atoms with Gasteiger partial charge in [0.2, 0.25) is 0 Å². The lowest BCUT2D eigenvalue weighted by molar-refractivity contribution is 0.518. The van der Waals surface area contributed by atoms with E-state index in [0.717, 1.165) is 12.0 Å². The fourth-order valence-corrected chi connectivity index (χ4v) is 1.52. The Hall–Kier alpha value is -0.0400. The third kappa shape index (κ3) is 1.34. The number of hydrogen-bond acceptors (Lipinski definition) is 1. The standard InChI is InChI=1S/C9H17N/c1-9(2)5-7(9)6-10-8-3-4-8/h7-8,10H,3-6H2,1-2H3/t7-/m1/s1. The third-order valence-corrected chi connectivity index (χ3v) is 2.95. The van der Waals surface area contributed by atoms with Crippen LogP contribution in [-0.2, 0) is 0 Å². The monoisotopic (exact) mass is 139 g/mol. The van der Waals surface area contributed by atoms with Crippen molar-refractivity contribution in [2.45, 2.75) is 39.2 Å². The minimum Gasteiger partial charge on any atom is -0.314 e. The lowest BCUT2D eigenvalue weighted by Crippen LogP contribution is -2.20. The lowest BCUT2D eigenvalue weighted by Gasteiger charge is -2.03. The molecule has 0 aliphatic heterocycles. The van der Waals surface area contributed by atoms with Crippen molar-refractivity contribution in [2.75, 3.05) is 6.54 Å². The van der Waals surface area contributed by atoms with Gasteiger partial charge in [0.15, 0.2) is 0 Å². The Kier molecular flexibility index (Phi) is 1.31. The molecule has 10 heavy (non-hydrogen) atoms. The minimum absolute atomic E-state index is 0.669. The van der Waals surface area contributed by atoms with Crippen LogP contribution in [0.5, 0.6) is 0 Å². The van der Waals surface area contributed by atoms with Crippen LogP contribution in [0.4, 0.5) is 0 Å². The van der Waals surface area contributed by atoms with E-state index in [0.29, 0.717) is 5.41 Å². The molecule has 1 N–H and O–H groups in total. The summed E-state index contributed by atoms with van der Waals surface area (Å²) in [5, 5.41) is 3.57. The summed E-state index contributed by atoms with van der Waals surface area (Å²) in [6.45, 7) is 6.01. The highest BCUT2D eigenvalue weighted by Crippen LogP contribution is 2.51. The first kappa shape index (κ1) is 6.66. The van der Waals surface area contributed by atoms with Crippen LogP contribution in [0.15, 0.2) is 0 Å². The first-order valence-electron chi connectivity index (χ1n) is 4.42. The van der Waals surface area contributed by atoms with Gasteiger partial charge in [-0.2, -0.15) is 0 Å². The summed E-state index contributed by atoms with van der Waals surface area (Å²) in [6.07, 6.45) is 4.28. The molecule has 0 aromatic carbocycles. The van der Waals surface area contributed by atoms with E-state index in [-0.39, 0.29) is 0 Å². The predicted octanol–water partition coefficient (Wildman–Crippen LogP) is 1.78. The zero-order valence-electron chi connectivity index (χ0n) is 6.98. The second kappa shape index (κ2) is 1.97. The van der Waals surface area contributed by atoms with Crippen LogP contribution in [0.2, 0.25) is 0 Å². The Balaban J connectivity index is 1.64. The summed E-state index contributed by atoms with van der Waals surface area (Å²) in [4.78, 5) is 0. The molecule has 1 heteroatoms. The van der Waals surface area contributed by atoms with Crippen molar-refractivity contribution in [3.05, 3.63) is 0 Å². The average Bonchev–Trinajstić information content (AvgIpc) is 2.65. The van der Waals surface area contributed by atoms with Crippen LogP contribution >= 0.6 is 0 Å². The first-order valence-corrected chi connectivity index (χ1v) is 4.42. The topological polar surface area (TPSA) is 12.0 Å². The van der Waals surface area contributed by atoms with Gasteiger partial charge in [0.25, 0.3) is 0 Å². The SMILES string of the molecule is CC1(C)C[C@@H]1CNC1CC1.